The highest BCUT2D eigenvalue weighted by atomic mass is 32.2. The van der Waals surface area contributed by atoms with Gasteiger partial charge in [-0.3, -0.25) is 0 Å². The maximum atomic E-state index is 9.19. The van der Waals surface area contributed by atoms with Crippen LogP contribution in [0.5, 0.6) is 0 Å². The second-order valence-electron chi connectivity index (χ2n) is 3.90. The van der Waals surface area contributed by atoms with Crippen molar-refractivity contribution in [2.75, 3.05) is 26.0 Å². The van der Waals surface area contributed by atoms with E-state index in [0.717, 1.165) is 13.1 Å². The molecule has 1 heterocycles. The van der Waals surface area contributed by atoms with Gasteiger partial charge in [0.05, 0.1) is 0 Å². The first-order valence-electron chi connectivity index (χ1n) is 4.83. The zero-order chi connectivity index (χ0) is 9.84. The molecule has 3 nitrogen and oxygen atoms in total. The van der Waals surface area contributed by atoms with Gasteiger partial charge in [0, 0.05) is 37.7 Å². The van der Waals surface area contributed by atoms with E-state index < -0.39 is 0 Å². The number of aliphatic hydroxyl groups excluding tert-OH is 1. The maximum absolute atomic E-state index is 9.19. The first-order valence-corrected chi connectivity index (χ1v) is 6.01. The number of nitrogens with one attached hydrogen (secondary N) is 1. The van der Waals surface area contributed by atoms with Crippen molar-refractivity contribution in [3.63, 3.8) is 0 Å². The predicted octanol–water partition coefficient (Wildman–Crippen LogP) is 0.555. The molecule has 78 valence electrons. The quantitative estimate of drug-likeness (QED) is 0.656. The van der Waals surface area contributed by atoms with E-state index >= 15 is 0 Å². The Balaban J connectivity index is 2.43. The predicted molar refractivity (Wildman–Crippen MR) is 57.7 cm³/mol. The third kappa shape index (κ3) is 3.13. The van der Waals surface area contributed by atoms with Crippen LogP contribution in [-0.4, -0.2) is 47.4 Å². The van der Waals surface area contributed by atoms with E-state index in [1.807, 2.05) is 0 Å². The number of rotatable bonds is 4. The lowest BCUT2D eigenvalue weighted by molar-refractivity contribution is 0.210. The van der Waals surface area contributed by atoms with Crippen molar-refractivity contribution >= 4 is 11.9 Å². The highest BCUT2D eigenvalue weighted by Gasteiger charge is 2.31. The van der Waals surface area contributed by atoms with Crippen molar-refractivity contribution in [2.45, 2.75) is 25.9 Å². The Morgan fingerprint density at radius 2 is 2.23 bits per heavy atom. The summed E-state index contributed by atoms with van der Waals surface area (Å²) < 4.78 is 2.31. The molecule has 1 aliphatic rings. The van der Waals surface area contributed by atoms with Crippen molar-refractivity contribution < 1.29 is 5.11 Å². The maximum Gasteiger partial charge on any atom is 0.0487 e. The van der Waals surface area contributed by atoms with Crippen molar-refractivity contribution in [1.82, 2.24) is 9.62 Å². The first-order chi connectivity index (χ1) is 6.17. The molecule has 13 heavy (non-hydrogen) atoms. The minimum atomic E-state index is 0.293. The summed E-state index contributed by atoms with van der Waals surface area (Å²) in [6, 6.07) is 0.957. The van der Waals surface area contributed by atoms with Crippen LogP contribution in [0.1, 0.15) is 13.8 Å². The third-order valence-corrected chi connectivity index (χ3v) is 3.26. The highest BCUT2D eigenvalue weighted by molar-refractivity contribution is 7.96. The summed E-state index contributed by atoms with van der Waals surface area (Å²) in [7, 11) is 0. The van der Waals surface area contributed by atoms with E-state index in [1.165, 1.54) is 0 Å². The van der Waals surface area contributed by atoms with E-state index in [0.29, 0.717) is 24.6 Å². The average molecular weight is 204 g/mol. The summed E-state index contributed by atoms with van der Waals surface area (Å²) >= 11 is 1.76. The van der Waals surface area contributed by atoms with E-state index in [2.05, 4.69) is 29.7 Å². The van der Waals surface area contributed by atoms with Gasteiger partial charge in [-0.15, -0.1) is 0 Å². The molecular weight excluding hydrogens is 184 g/mol. The van der Waals surface area contributed by atoms with Crippen molar-refractivity contribution in [3.8, 4) is 0 Å². The van der Waals surface area contributed by atoms with Crippen molar-refractivity contribution in [2.24, 2.45) is 5.92 Å². The van der Waals surface area contributed by atoms with Crippen LogP contribution in [0.25, 0.3) is 0 Å². The van der Waals surface area contributed by atoms with Crippen LogP contribution in [0, 0.1) is 5.92 Å². The zero-order valence-corrected chi connectivity index (χ0v) is 9.47. The first kappa shape index (κ1) is 11.3. The number of nitrogens with zero attached hydrogens (tertiary/aromatic N) is 1. The molecule has 0 radical (unpaired) electrons. The average Bonchev–Trinajstić information content (AvgIpc) is 2.46. The number of hydrogen-bond acceptors (Lipinski definition) is 4. The Kier molecular flexibility index (Phi) is 4.52. The van der Waals surface area contributed by atoms with E-state index in [4.69, 9.17) is 0 Å². The minimum absolute atomic E-state index is 0.293. The minimum Gasteiger partial charge on any atom is -0.396 e. The van der Waals surface area contributed by atoms with Crippen LogP contribution in [-0.2, 0) is 0 Å². The normalized spacial score (nSPS) is 30.2. The number of aliphatic hydroxyl groups is 1. The van der Waals surface area contributed by atoms with Gasteiger partial charge in [0.25, 0.3) is 0 Å². The summed E-state index contributed by atoms with van der Waals surface area (Å²) in [5, 5.41) is 12.7. The molecule has 0 aromatic carbocycles. The van der Waals surface area contributed by atoms with E-state index in [9.17, 15) is 5.11 Å². The van der Waals surface area contributed by atoms with Crippen molar-refractivity contribution in [1.29, 1.82) is 0 Å². The molecule has 0 unspecified atom stereocenters. The summed E-state index contributed by atoms with van der Waals surface area (Å²) in [6.07, 6.45) is 2.09. The second kappa shape index (κ2) is 5.20. The van der Waals surface area contributed by atoms with Crippen LogP contribution in [0.2, 0.25) is 0 Å². The zero-order valence-electron chi connectivity index (χ0n) is 8.66. The van der Waals surface area contributed by atoms with Gasteiger partial charge in [0.15, 0.2) is 0 Å². The van der Waals surface area contributed by atoms with Gasteiger partial charge in [-0.2, -0.15) is 0 Å². The summed E-state index contributed by atoms with van der Waals surface area (Å²) in [5.41, 5.74) is 0. The van der Waals surface area contributed by atoms with Crippen LogP contribution in [0.3, 0.4) is 0 Å². The van der Waals surface area contributed by atoms with Gasteiger partial charge < -0.3 is 10.4 Å². The lowest BCUT2D eigenvalue weighted by atomic mass is 10.0. The second-order valence-corrected chi connectivity index (χ2v) is 4.78. The topological polar surface area (TPSA) is 35.5 Å². The Morgan fingerprint density at radius 3 is 2.69 bits per heavy atom. The van der Waals surface area contributed by atoms with Gasteiger partial charge in [-0.25, -0.2) is 4.31 Å². The molecule has 4 heteroatoms. The molecule has 0 aliphatic carbocycles. The Labute approximate surface area is 85.0 Å². The molecule has 0 amide bonds. The third-order valence-electron chi connectivity index (χ3n) is 2.45. The molecule has 1 fully saturated rings. The molecule has 0 aromatic heterocycles. The largest absolute Gasteiger partial charge is 0.396 e. The lowest BCUT2D eigenvalue weighted by Gasteiger charge is -2.20. The molecular formula is C9H20N2OS. The SMILES string of the molecule is CSN1C[C@H](CO)[C@H](NC(C)C)C1. The van der Waals surface area contributed by atoms with Crippen LogP contribution in [0.4, 0.5) is 0 Å². The fraction of sp³-hybridized carbons (Fsp3) is 1.00. The summed E-state index contributed by atoms with van der Waals surface area (Å²) in [5.74, 6) is 0.398. The molecule has 0 bridgehead atoms. The molecule has 0 saturated carbocycles. The Bertz CT molecular complexity index is 155. The van der Waals surface area contributed by atoms with Crippen molar-refractivity contribution in [3.05, 3.63) is 0 Å². The van der Waals surface area contributed by atoms with Crippen LogP contribution in [0.15, 0.2) is 0 Å². The standard InChI is InChI=1S/C9H20N2OS/c1-7(2)10-9-5-11(13-3)4-8(9)6-12/h7-10,12H,4-6H2,1-3H3/t8-,9-/m1/s1. The summed E-state index contributed by atoms with van der Waals surface area (Å²) in [6.45, 7) is 6.64. The van der Waals surface area contributed by atoms with Gasteiger partial charge in [0.1, 0.15) is 0 Å². The molecule has 1 aliphatic heterocycles. The van der Waals surface area contributed by atoms with Crippen LogP contribution < -0.4 is 5.32 Å². The summed E-state index contributed by atoms with van der Waals surface area (Å²) in [4.78, 5) is 0. The monoisotopic (exact) mass is 204 g/mol. The smallest absolute Gasteiger partial charge is 0.0487 e. The van der Waals surface area contributed by atoms with Gasteiger partial charge in [-0.05, 0) is 6.26 Å². The molecule has 1 saturated heterocycles. The van der Waals surface area contributed by atoms with Crippen LogP contribution >= 0.6 is 11.9 Å². The highest BCUT2D eigenvalue weighted by Crippen LogP contribution is 2.22. The van der Waals surface area contributed by atoms with E-state index in [-0.39, 0.29) is 0 Å². The molecule has 0 aromatic rings. The van der Waals surface area contributed by atoms with Gasteiger partial charge in [-0.1, -0.05) is 25.8 Å². The fourth-order valence-corrected chi connectivity index (χ4v) is 2.43. The molecule has 2 atom stereocenters. The van der Waals surface area contributed by atoms with E-state index in [1.54, 1.807) is 11.9 Å². The number of hydrogen-bond donors (Lipinski definition) is 2. The fourth-order valence-electron chi connectivity index (χ4n) is 1.78. The molecule has 2 N–H and O–H groups in total. The molecule has 1 rings (SSSR count). The Hall–Kier alpha value is 0.230. The lowest BCUT2D eigenvalue weighted by Crippen LogP contribution is -2.41. The molecule has 0 spiro atoms. The Morgan fingerprint density at radius 1 is 1.54 bits per heavy atom. The van der Waals surface area contributed by atoms with Gasteiger partial charge >= 0.3 is 0 Å². The van der Waals surface area contributed by atoms with Gasteiger partial charge in [0.2, 0.25) is 0 Å².